The van der Waals surface area contributed by atoms with E-state index in [0.29, 0.717) is 12.8 Å². The van der Waals surface area contributed by atoms with E-state index in [1.165, 1.54) is 135 Å². The fraction of sp³-hybridized carbons (Fsp3) is 0.930. The van der Waals surface area contributed by atoms with Crippen LogP contribution in [0.2, 0.25) is 0 Å². The topological polar surface area (TPSA) is 149 Å². The Balaban J connectivity index is 2.25. The maximum atomic E-state index is 12.9. The lowest BCUT2D eigenvalue weighted by atomic mass is 9.99. The van der Waals surface area contributed by atoms with E-state index >= 15 is 0 Å². The van der Waals surface area contributed by atoms with Crippen molar-refractivity contribution in [3.05, 3.63) is 12.2 Å². The van der Waals surface area contributed by atoms with Gasteiger partial charge in [0.05, 0.1) is 25.4 Å². The lowest BCUT2D eigenvalue weighted by Crippen LogP contribution is -2.60. The zero-order valence-corrected chi connectivity index (χ0v) is 33.6. The average molecular weight is 742 g/mol. The largest absolute Gasteiger partial charge is 0.394 e. The number of hydrogen-bond acceptors (Lipinski definition) is 8. The number of allylic oxidation sites excluding steroid dienone is 2. The molecule has 1 rings (SSSR count). The molecule has 1 fully saturated rings. The molecule has 9 heteroatoms. The lowest BCUT2D eigenvalue weighted by Gasteiger charge is -2.40. The van der Waals surface area contributed by atoms with Crippen molar-refractivity contribution in [2.24, 2.45) is 0 Å². The van der Waals surface area contributed by atoms with Gasteiger partial charge in [-0.3, -0.25) is 4.79 Å². The molecule has 0 aromatic heterocycles. The molecule has 6 N–H and O–H groups in total. The second-order valence-corrected chi connectivity index (χ2v) is 15.5. The van der Waals surface area contributed by atoms with Crippen LogP contribution in [0.15, 0.2) is 12.2 Å². The van der Waals surface area contributed by atoms with Crippen LogP contribution in [0.3, 0.4) is 0 Å². The van der Waals surface area contributed by atoms with Crippen LogP contribution in [0.25, 0.3) is 0 Å². The lowest BCUT2D eigenvalue weighted by molar-refractivity contribution is -0.302. The van der Waals surface area contributed by atoms with Crippen molar-refractivity contribution in [2.45, 2.75) is 243 Å². The number of carbonyl (C=O) groups is 1. The summed E-state index contributed by atoms with van der Waals surface area (Å²) in [6.45, 7) is 3.79. The minimum atomic E-state index is -1.55. The Kier molecular flexibility index (Phi) is 32.4. The monoisotopic (exact) mass is 742 g/mol. The summed E-state index contributed by atoms with van der Waals surface area (Å²) < 4.78 is 11.2. The molecule has 1 aliphatic heterocycles. The molecule has 7 atom stereocenters. The van der Waals surface area contributed by atoms with Gasteiger partial charge in [-0.2, -0.15) is 0 Å². The van der Waals surface area contributed by atoms with Crippen molar-refractivity contribution < 1.29 is 39.8 Å². The summed E-state index contributed by atoms with van der Waals surface area (Å²) in [4.78, 5) is 12.9. The fourth-order valence-corrected chi connectivity index (χ4v) is 7.04. The molecule has 1 amide bonds. The standard InChI is InChI=1S/C43H83NO8/c1-3-5-7-9-11-13-14-15-16-17-18-19-20-21-22-23-24-25-27-29-31-33-39(47)44-36(37(46)32-30-28-26-12-10-8-6-4-2)35-51-43-42(50)41(49)40(48)38(34-45)52-43/h17-18,36-38,40-43,45-46,48-50H,3-16,19-35H2,1-2H3,(H,44,47)/b18-17-. The van der Waals surface area contributed by atoms with E-state index in [9.17, 15) is 30.3 Å². The molecule has 1 aliphatic rings. The molecule has 0 spiro atoms. The molecule has 52 heavy (non-hydrogen) atoms. The van der Waals surface area contributed by atoms with Gasteiger partial charge in [0.1, 0.15) is 24.4 Å². The number of amides is 1. The summed E-state index contributed by atoms with van der Waals surface area (Å²) in [5.74, 6) is -0.149. The van der Waals surface area contributed by atoms with E-state index in [1.54, 1.807) is 0 Å². The molecule has 0 aromatic rings. The predicted molar refractivity (Wildman–Crippen MR) is 212 cm³/mol. The van der Waals surface area contributed by atoms with Gasteiger partial charge >= 0.3 is 0 Å². The summed E-state index contributed by atoms with van der Waals surface area (Å²) in [6.07, 6.45) is 30.9. The minimum Gasteiger partial charge on any atom is -0.394 e. The van der Waals surface area contributed by atoms with Crippen LogP contribution in [-0.2, 0) is 14.3 Å². The maximum Gasteiger partial charge on any atom is 0.220 e. The van der Waals surface area contributed by atoms with Gasteiger partial charge in [0.2, 0.25) is 5.91 Å². The number of nitrogens with one attached hydrogen (secondary N) is 1. The van der Waals surface area contributed by atoms with Gasteiger partial charge in [0.25, 0.3) is 0 Å². The summed E-state index contributed by atoms with van der Waals surface area (Å²) in [6, 6.07) is -0.713. The molecule has 0 aromatic carbocycles. The molecular formula is C43H83NO8. The summed E-state index contributed by atoms with van der Waals surface area (Å²) in [5.41, 5.74) is 0. The van der Waals surface area contributed by atoms with E-state index in [2.05, 4.69) is 31.3 Å². The quantitative estimate of drug-likeness (QED) is 0.0277. The fourth-order valence-electron chi connectivity index (χ4n) is 7.04. The van der Waals surface area contributed by atoms with E-state index in [-0.39, 0.29) is 12.5 Å². The second-order valence-electron chi connectivity index (χ2n) is 15.5. The van der Waals surface area contributed by atoms with Gasteiger partial charge in [-0.1, -0.05) is 167 Å². The third-order valence-corrected chi connectivity index (χ3v) is 10.6. The molecule has 1 saturated heterocycles. The van der Waals surface area contributed by atoms with Gasteiger partial charge in [0.15, 0.2) is 6.29 Å². The highest BCUT2D eigenvalue weighted by Gasteiger charge is 2.44. The molecule has 9 nitrogen and oxygen atoms in total. The number of rotatable bonds is 36. The molecule has 0 aliphatic carbocycles. The van der Waals surface area contributed by atoms with Crippen LogP contribution < -0.4 is 5.32 Å². The Morgan fingerprint density at radius 1 is 0.635 bits per heavy atom. The summed E-state index contributed by atoms with van der Waals surface area (Å²) in [5, 5.41) is 54.0. The van der Waals surface area contributed by atoms with Crippen LogP contribution >= 0.6 is 0 Å². The molecule has 0 bridgehead atoms. The smallest absolute Gasteiger partial charge is 0.220 e. The summed E-state index contributed by atoms with van der Waals surface area (Å²) >= 11 is 0. The number of aliphatic hydroxyl groups is 5. The van der Waals surface area contributed by atoms with Crippen LogP contribution in [0.4, 0.5) is 0 Å². The molecule has 1 heterocycles. The SMILES string of the molecule is CCCCCCCCCC/C=C\CCCCCCCCCCCC(=O)NC(COC1OC(CO)C(O)C(O)C1O)C(O)CCCCCCCCCC. The first-order valence-electron chi connectivity index (χ1n) is 21.9. The van der Waals surface area contributed by atoms with Crippen molar-refractivity contribution in [3.63, 3.8) is 0 Å². The van der Waals surface area contributed by atoms with E-state index < -0.39 is 49.5 Å². The van der Waals surface area contributed by atoms with Crippen LogP contribution in [0, 0.1) is 0 Å². The molecule has 7 unspecified atom stereocenters. The highest BCUT2D eigenvalue weighted by molar-refractivity contribution is 5.76. The van der Waals surface area contributed by atoms with E-state index in [4.69, 9.17) is 9.47 Å². The summed E-state index contributed by atoms with van der Waals surface area (Å²) in [7, 11) is 0. The highest BCUT2D eigenvalue weighted by Crippen LogP contribution is 2.23. The average Bonchev–Trinajstić information content (AvgIpc) is 3.14. The van der Waals surface area contributed by atoms with Crippen molar-refractivity contribution in [2.75, 3.05) is 13.2 Å². The molecule has 308 valence electrons. The number of hydrogen-bond donors (Lipinski definition) is 6. The third kappa shape index (κ3) is 25.1. The van der Waals surface area contributed by atoms with Crippen LogP contribution in [0.1, 0.15) is 200 Å². The molecular weight excluding hydrogens is 658 g/mol. The Labute approximate surface area is 318 Å². The first-order chi connectivity index (χ1) is 25.3. The number of carbonyl (C=O) groups excluding carboxylic acids is 1. The number of unbranched alkanes of at least 4 members (excludes halogenated alkanes) is 24. The van der Waals surface area contributed by atoms with Gasteiger partial charge in [0, 0.05) is 6.42 Å². The Hall–Kier alpha value is -1.07. The first kappa shape index (κ1) is 48.9. The van der Waals surface area contributed by atoms with Gasteiger partial charge in [-0.05, 0) is 38.5 Å². The first-order valence-corrected chi connectivity index (χ1v) is 21.9. The predicted octanol–water partition coefficient (Wildman–Crippen LogP) is 8.56. The van der Waals surface area contributed by atoms with Crippen molar-refractivity contribution in [1.29, 1.82) is 0 Å². The van der Waals surface area contributed by atoms with Crippen molar-refractivity contribution in [1.82, 2.24) is 5.32 Å². The van der Waals surface area contributed by atoms with Crippen molar-refractivity contribution >= 4 is 5.91 Å². The van der Waals surface area contributed by atoms with Crippen molar-refractivity contribution in [3.8, 4) is 0 Å². The number of aliphatic hydroxyl groups excluding tert-OH is 5. The normalized spacial score (nSPS) is 21.9. The van der Waals surface area contributed by atoms with E-state index in [1.807, 2.05) is 0 Å². The van der Waals surface area contributed by atoms with E-state index in [0.717, 1.165) is 38.5 Å². The third-order valence-electron chi connectivity index (χ3n) is 10.6. The highest BCUT2D eigenvalue weighted by atomic mass is 16.7. The zero-order chi connectivity index (χ0) is 38.1. The van der Waals surface area contributed by atoms with Crippen LogP contribution in [0.5, 0.6) is 0 Å². The number of ether oxygens (including phenoxy) is 2. The minimum absolute atomic E-state index is 0.137. The second kappa shape index (κ2) is 34.4. The van der Waals surface area contributed by atoms with Gasteiger partial charge in [-0.25, -0.2) is 0 Å². The van der Waals surface area contributed by atoms with Crippen LogP contribution in [-0.4, -0.2) is 87.5 Å². The molecule has 0 radical (unpaired) electrons. The Bertz CT molecular complexity index is 827. The Morgan fingerprint density at radius 2 is 1.08 bits per heavy atom. The van der Waals surface area contributed by atoms with Gasteiger partial charge < -0.3 is 40.3 Å². The zero-order valence-electron chi connectivity index (χ0n) is 33.6. The Morgan fingerprint density at radius 3 is 1.56 bits per heavy atom. The van der Waals surface area contributed by atoms with Gasteiger partial charge in [-0.15, -0.1) is 0 Å². The maximum absolute atomic E-state index is 12.9. The molecule has 0 saturated carbocycles.